The first-order valence-electron chi connectivity index (χ1n) is 5.15. The summed E-state index contributed by atoms with van der Waals surface area (Å²) >= 11 is 5.76. The summed E-state index contributed by atoms with van der Waals surface area (Å²) in [5, 5.41) is 8.71. The maximum atomic E-state index is 13.4. The highest BCUT2D eigenvalue weighted by Gasteiger charge is 2.11. The summed E-state index contributed by atoms with van der Waals surface area (Å²) in [6.45, 7) is 1.66. The first-order chi connectivity index (χ1) is 8.49. The smallest absolute Gasteiger partial charge is 0.338 e. The first kappa shape index (κ1) is 12.5. The number of benzene rings is 1. The minimum atomic E-state index is -1.14. The van der Waals surface area contributed by atoms with Crippen molar-refractivity contribution in [1.82, 2.24) is 4.98 Å². The van der Waals surface area contributed by atoms with Gasteiger partial charge in [-0.3, -0.25) is 0 Å². The second kappa shape index (κ2) is 4.74. The summed E-state index contributed by atoms with van der Waals surface area (Å²) in [6.07, 6.45) is 0. The fraction of sp³-hybridized carbons (Fsp3) is 0.0769. The minimum Gasteiger partial charge on any atom is -0.478 e. The highest BCUT2D eigenvalue weighted by atomic mass is 35.5. The molecule has 1 N–H and O–H groups in total. The predicted molar refractivity (Wildman–Crippen MR) is 66.3 cm³/mol. The van der Waals surface area contributed by atoms with E-state index in [1.807, 2.05) is 0 Å². The molecule has 0 spiro atoms. The molecule has 2 aromatic rings. The van der Waals surface area contributed by atoms with Crippen molar-refractivity contribution in [1.29, 1.82) is 0 Å². The Hall–Kier alpha value is -1.94. The van der Waals surface area contributed by atoms with Crippen LogP contribution in [0.4, 0.5) is 4.39 Å². The number of aromatic nitrogens is 1. The zero-order valence-electron chi connectivity index (χ0n) is 9.45. The van der Waals surface area contributed by atoms with Gasteiger partial charge in [0, 0.05) is 5.56 Å². The Kier molecular flexibility index (Phi) is 3.30. The molecule has 0 atom stereocenters. The van der Waals surface area contributed by atoms with Crippen LogP contribution < -0.4 is 0 Å². The molecule has 0 amide bonds. The van der Waals surface area contributed by atoms with Gasteiger partial charge in [-0.15, -0.1) is 0 Å². The molecule has 0 aliphatic carbocycles. The van der Waals surface area contributed by atoms with E-state index in [1.54, 1.807) is 19.1 Å². The van der Waals surface area contributed by atoms with Crippen molar-refractivity contribution < 1.29 is 14.3 Å². The molecule has 1 aromatic heterocycles. The number of hydrogen-bond acceptors (Lipinski definition) is 2. The molecule has 0 aliphatic heterocycles. The van der Waals surface area contributed by atoms with Gasteiger partial charge in [-0.05, 0) is 30.7 Å². The van der Waals surface area contributed by atoms with E-state index < -0.39 is 5.97 Å². The van der Waals surface area contributed by atoms with Crippen LogP contribution in [0.15, 0.2) is 30.3 Å². The number of nitrogens with zero attached hydrogens (tertiary/aromatic N) is 1. The van der Waals surface area contributed by atoms with Crippen LogP contribution >= 0.6 is 11.6 Å². The monoisotopic (exact) mass is 265 g/mol. The molecule has 0 saturated heterocycles. The van der Waals surface area contributed by atoms with E-state index in [4.69, 9.17) is 16.7 Å². The van der Waals surface area contributed by atoms with E-state index in [2.05, 4.69) is 4.98 Å². The van der Waals surface area contributed by atoms with E-state index in [0.29, 0.717) is 16.8 Å². The molecule has 2 rings (SSSR count). The molecular weight excluding hydrogens is 257 g/mol. The van der Waals surface area contributed by atoms with Crippen LogP contribution in [0.2, 0.25) is 5.15 Å². The van der Waals surface area contributed by atoms with Crippen LogP contribution in [0.5, 0.6) is 0 Å². The summed E-state index contributed by atoms with van der Waals surface area (Å²) in [7, 11) is 0. The SMILES string of the molecule is Cc1ccc(-c2ccc(C(=O)O)c(Cl)n2)cc1F. The molecule has 5 heteroatoms. The van der Waals surface area contributed by atoms with Crippen molar-refractivity contribution in [2.75, 3.05) is 0 Å². The van der Waals surface area contributed by atoms with Crippen molar-refractivity contribution in [3.63, 3.8) is 0 Å². The van der Waals surface area contributed by atoms with Gasteiger partial charge < -0.3 is 5.11 Å². The quantitative estimate of drug-likeness (QED) is 0.845. The lowest BCUT2D eigenvalue weighted by molar-refractivity contribution is 0.0696. The first-order valence-corrected chi connectivity index (χ1v) is 5.53. The third-order valence-corrected chi connectivity index (χ3v) is 2.83. The Bertz CT molecular complexity index is 628. The van der Waals surface area contributed by atoms with Gasteiger partial charge in [0.15, 0.2) is 0 Å². The summed E-state index contributed by atoms with van der Waals surface area (Å²) in [4.78, 5) is 14.7. The van der Waals surface area contributed by atoms with Gasteiger partial charge in [0.25, 0.3) is 0 Å². The lowest BCUT2D eigenvalue weighted by Crippen LogP contribution is -1.99. The summed E-state index contributed by atoms with van der Waals surface area (Å²) in [5.74, 6) is -1.48. The van der Waals surface area contributed by atoms with Gasteiger partial charge in [0.05, 0.1) is 11.3 Å². The van der Waals surface area contributed by atoms with Gasteiger partial charge in [-0.2, -0.15) is 0 Å². The number of carbonyl (C=O) groups is 1. The number of carboxylic acid groups (broad SMARTS) is 1. The van der Waals surface area contributed by atoms with Crippen molar-refractivity contribution in [3.05, 3.63) is 52.4 Å². The number of aromatic carboxylic acids is 1. The molecule has 0 aliphatic rings. The molecule has 1 aromatic carbocycles. The number of hydrogen-bond donors (Lipinski definition) is 1. The second-order valence-corrected chi connectivity index (χ2v) is 4.16. The van der Waals surface area contributed by atoms with Gasteiger partial charge in [0.1, 0.15) is 11.0 Å². The van der Waals surface area contributed by atoms with E-state index in [9.17, 15) is 9.18 Å². The molecule has 92 valence electrons. The second-order valence-electron chi connectivity index (χ2n) is 3.80. The van der Waals surface area contributed by atoms with E-state index in [0.717, 1.165) is 0 Å². The average Bonchev–Trinajstić information content (AvgIpc) is 2.32. The lowest BCUT2D eigenvalue weighted by atomic mass is 10.1. The summed E-state index contributed by atoms with van der Waals surface area (Å²) in [6, 6.07) is 7.53. The van der Waals surface area contributed by atoms with E-state index in [1.165, 1.54) is 18.2 Å². The predicted octanol–water partition coefficient (Wildman–Crippen LogP) is 3.55. The molecule has 0 unspecified atom stereocenters. The Morgan fingerprint density at radius 3 is 2.61 bits per heavy atom. The maximum absolute atomic E-state index is 13.4. The summed E-state index contributed by atoms with van der Waals surface area (Å²) in [5.41, 5.74) is 1.45. The molecule has 3 nitrogen and oxygen atoms in total. The largest absolute Gasteiger partial charge is 0.478 e. The molecule has 0 saturated carbocycles. The van der Waals surface area contributed by atoms with Gasteiger partial charge >= 0.3 is 5.97 Å². The Morgan fingerprint density at radius 1 is 1.33 bits per heavy atom. The van der Waals surface area contributed by atoms with Crippen molar-refractivity contribution in [2.24, 2.45) is 0 Å². The third kappa shape index (κ3) is 2.33. The van der Waals surface area contributed by atoms with Crippen molar-refractivity contribution >= 4 is 17.6 Å². The van der Waals surface area contributed by atoms with Crippen LogP contribution in [0.1, 0.15) is 15.9 Å². The number of pyridine rings is 1. The fourth-order valence-corrected chi connectivity index (χ4v) is 1.74. The number of carboxylic acids is 1. The van der Waals surface area contributed by atoms with Crippen LogP contribution in [0.25, 0.3) is 11.3 Å². The third-order valence-electron chi connectivity index (χ3n) is 2.55. The van der Waals surface area contributed by atoms with Crippen molar-refractivity contribution in [3.8, 4) is 11.3 Å². The van der Waals surface area contributed by atoms with Crippen molar-refractivity contribution in [2.45, 2.75) is 6.92 Å². The minimum absolute atomic E-state index is 0.0759. The Morgan fingerprint density at radius 2 is 2.06 bits per heavy atom. The zero-order valence-corrected chi connectivity index (χ0v) is 10.2. The zero-order chi connectivity index (χ0) is 13.3. The van der Waals surface area contributed by atoms with Gasteiger partial charge in [-0.25, -0.2) is 14.2 Å². The van der Waals surface area contributed by atoms with Gasteiger partial charge in [0.2, 0.25) is 0 Å². The van der Waals surface area contributed by atoms with Gasteiger partial charge in [-0.1, -0.05) is 23.7 Å². The maximum Gasteiger partial charge on any atom is 0.338 e. The topological polar surface area (TPSA) is 50.2 Å². The molecular formula is C13H9ClFNO2. The summed E-state index contributed by atoms with van der Waals surface area (Å²) < 4.78 is 13.4. The highest BCUT2D eigenvalue weighted by Crippen LogP contribution is 2.23. The molecule has 1 heterocycles. The Balaban J connectivity index is 2.48. The molecule has 0 radical (unpaired) electrons. The van der Waals surface area contributed by atoms with Crippen LogP contribution in [-0.4, -0.2) is 16.1 Å². The highest BCUT2D eigenvalue weighted by molar-refractivity contribution is 6.32. The average molecular weight is 266 g/mol. The molecule has 0 bridgehead atoms. The lowest BCUT2D eigenvalue weighted by Gasteiger charge is -2.05. The van der Waals surface area contributed by atoms with E-state index >= 15 is 0 Å². The van der Waals surface area contributed by atoms with Crippen LogP contribution in [0.3, 0.4) is 0 Å². The Labute approximate surface area is 108 Å². The fourth-order valence-electron chi connectivity index (χ4n) is 1.51. The number of halogens is 2. The number of rotatable bonds is 2. The van der Waals surface area contributed by atoms with Crippen LogP contribution in [-0.2, 0) is 0 Å². The normalized spacial score (nSPS) is 10.4. The number of aryl methyl sites for hydroxylation is 1. The molecule has 0 fully saturated rings. The standard InChI is InChI=1S/C13H9ClFNO2/c1-7-2-3-8(6-10(7)15)11-5-4-9(13(17)18)12(14)16-11/h2-6H,1H3,(H,17,18). The molecule has 18 heavy (non-hydrogen) atoms. The van der Waals surface area contributed by atoms with E-state index in [-0.39, 0.29) is 16.5 Å². The van der Waals surface area contributed by atoms with Crippen LogP contribution in [0, 0.1) is 12.7 Å².